The van der Waals surface area contributed by atoms with E-state index in [1.54, 1.807) is 0 Å². The molecule has 0 aliphatic carbocycles. The molecule has 0 aromatic carbocycles. The van der Waals surface area contributed by atoms with Crippen LogP contribution in [0, 0.1) is 0 Å². The third-order valence-electron chi connectivity index (χ3n) is 3.89. The molecule has 1 saturated heterocycles. The van der Waals surface area contributed by atoms with Crippen LogP contribution in [0.1, 0.15) is 0 Å². The van der Waals surface area contributed by atoms with Crippen LogP contribution in [0.15, 0.2) is 0 Å². The van der Waals surface area contributed by atoms with Crippen LogP contribution in [-0.2, 0) is 4.74 Å². The Kier molecular flexibility index (Phi) is 6.66. The molecule has 0 radical (unpaired) electrons. The predicted molar refractivity (Wildman–Crippen MR) is 70.7 cm³/mol. The fraction of sp³-hybridized carbons (Fsp3) is 0.917. The largest absolute Gasteiger partial charge is 0.460 e. The van der Waals surface area contributed by atoms with Crippen molar-refractivity contribution in [1.82, 2.24) is 4.90 Å². The number of nitrogens with zero attached hydrogens (tertiary/aromatic N) is 1. The van der Waals surface area contributed by atoms with Crippen molar-refractivity contribution < 1.29 is 70.6 Å². The van der Waals surface area contributed by atoms with Gasteiger partial charge in [0, 0.05) is 13.1 Å². The van der Waals surface area contributed by atoms with Gasteiger partial charge in [0.2, 0.25) is 0 Å². The molecule has 0 unspecified atom stereocenters. The third-order valence-corrected chi connectivity index (χ3v) is 4.41. The first kappa shape index (κ1) is 26.8. The number of hydrogen-bond donors (Lipinski definition) is 0. The van der Waals surface area contributed by atoms with Gasteiger partial charge in [0.25, 0.3) is 0 Å². The van der Waals surface area contributed by atoms with Gasteiger partial charge in [-0.2, -0.15) is 65.9 Å². The molecule has 1 fully saturated rings. The molecular formula is C12H8F15NOS. The summed E-state index contributed by atoms with van der Waals surface area (Å²) in [7, 11) is 0. The highest BCUT2D eigenvalue weighted by Crippen LogP contribution is 2.62. The average molecular weight is 499 g/mol. The van der Waals surface area contributed by atoms with Gasteiger partial charge in [-0.05, 0) is 0 Å². The molecule has 0 amide bonds. The molecule has 0 bridgehead atoms. The number of hydrogen-bond acceptors (Lipinski definition) is 2. The van der Waals surface area contributed by atoms with Gasteiger partial charge in [-0.25, -0.2) is 0 Å². The molecule has 0 atom stereocenters. The summed E-state index contributed by atoms with van der Waals surface area (Å²) in [5.41, 5.74) is 0. The van der Waals surface area contributed by atoms with E-state index in [0.717, 1.165) is 0 Å². The maximum atomic E-state index is 13.9. The minimum Gasteiger partial charge on any atom is -0.378 e. The quantitative estimate of drug-likeness (QED) is 0.377. The molecule has 1 rings (SSSR count). The molecule has 1 aliphatic rings. The maximum absolute atomic E-state index is 13.9. The van der Waals surface area contributed by atoms with Gasteiger partial charge >= 0.3 is 41.7 Å². The van der Waals surface area contributed by atoms with Gasteiger partial charge in [-0.1, -0.05) is 12.2 Å². The lowest BCUT2D eigenvalue weighted by Crippen LogP contribution is -2.74. The zero-order valence-corrected chi connectivity index (χ0v) is 14.6. The van der Waals surface area contributed by atoms with Gasteiger partial charge < -0.3 is 9.64 Å². The van der Waals surface area contributed by atoms with Crippen LogP contribution in [0.3, 0.4) is 0 Å². The van der Waals surface area contributed by atoms with Crippen molar-refractivity contribution in [3.63, 3.8) is 0 Å². The highest BCUT2D eigenvalue weighted by Gasteiger charge is 2.93. The van der Waals surface area contributed by atoms with Crippen LogP contribution in [0.5, 0.6) is 0 Å². The minimum atomic E-state index is -8.31. The van der Waals surface area contributed by atoms with E-state index in [-0.39, 0.29) is 4.90 Å². The summed E-state index contributed by atoms with van der Waals surface area (Å²) in [5.74, 6) is -46.9. The fourth-order valence-electron chi connectivity index (χ4n) is 2.07. The summed E-state index contributed by atoms with van der Waals surface area (Å²) in [6, 6.07) is 0. The molecule has 0 saturated carbocycles. The second kappa shape index (κ2) is 7.44. The van der Waals surface area contributed by atoms with Crippen molar-refractivity contribution in [2.75, 3.05) is 26.3 Å². The minimum absolute atomic E-state index is 0.0590. The van der Waals surface area contributed by atoms with Gasteiger partial charge in [-0.3, -0.25) is 0 Å². The molecular weight excluding hydrogens is 491 g/mol. The average Bonchev–Trinajstić information content (AvgIpc) is 2.59. The van der Waals surface area contributed by atoms with E-state index in [4.69, 9.17) is 0 Å². The lowest BCUT2D eigenvalue weighted by Gasteiger charge is -2.42. The smallest absolute Gasteiger partial charge is 0.378 e. The Hall–Kier alpha value is -1.20. The normalized spacial score (nSPS) is 18.6. The highest BCUT2D eigenvalue weighted by molar-refractivity contribution is 7.80. The van der Waals surface area contributed by atoms with Gasteiger partial charge in [0.15, 0.2) is 4.99 Å². The first-order valence-corrected chi connectivity index (χ1v) is 7.63. The first-order chi connectivity index (χ1) is 13.0. The van der Waals surface area contributed by atoms with Gasteiger partial charge in [0.1, 0.15) is 0 Å². The number of halogens is 15. The molecule has 0 aromatic heterocycles. The molecule has 1 heterocycles. The summed E-state index contributed by atoms with van der Waals surface area (Å²) in [5, 5.41) is 0. The molecule has 2 nitrogen and oxygen atoms in total. The van der Waals surface area contributed by atoms with Crippen LogP contribution in [0.25, 0.3) is 0 Å². The number of alkyl halides is 15. The summed E-state index contributed by atoms with van der Waals surface area (Å²) < 4.78 is 201. The molecule has 0 aromatic rings. The molecule has 178 valence electrons. The second-order valence-electron chi connectivity index (χ2n) is 5.85. The standard InChI is InChI=1S/C12H8F15NOS/c13-6(14,5(30)28-1-3-29-4-2-28)7(15,16)8(17,18)9(19,20)10(21,22)11(23,24)12(25,26)27/h1-4H2. The lowest BCUT2D eigenvalue weighted by atomic mass is 9.91. The zero-order chi connectivity index (χ0) is 24.2. The number of rotatable bonds is 6. The Morgan fingerprint density at radius 3 is 1.27 bits per heavy atom. The third kappa shape index (κ3) is 3.56. The molecule has 1 aliphatic heterocycles. The number of thiocarbonyl (C=S) groups is 1. The summed E-state index contributed by atoms with van der Waals surface area (Å²) >= 11 is 3.82. The Morgan fingerprint density at radius 1 is 0.567 bits per heavy atom. The van der Waals surface area contributed by atoms with E-state index in [1.165, 1.54) is 0 Å². The van der Waals surface area contributed by atoms with Crippen molar-refractivity contribution in [1.29, 1.82) is 0 Å². The van der Waals surface area contributed by atoms with E-state index < -0.39 is 73.0 Å². The molecule has 0 spiro atoms. The molecule has 30 heavy (non-hydrogen) atoms. The lowest BCUT2D eigenvalue weighted by molar-refractivity contribution is -0.448. The predicted octanol–water partition coefficient (Wildman–Crippen LogP) is 5.02. The SMILES string of the molecule is FC(F)(F)C(F)(F)C(F)(F)C(F)(F)C(F)(F)C(F)(F)C(F)(F)C(=S)N1CCOCC1. The van der Waals surface area contributed by atoms with Crippen molar-refractivity contribution >= 4 is 17.2 Å². The van der Waals surface area contributed by atoms with Crippen LogP contribution >= 0.6 is 12.2 Å². The second-order valence-corrected chi connectivity index (χ2v) is 6.24. The summed E-state index contributed by atoms with van der Waals surface area (Å²) in [6.07, 6.45) is -7.63. The summed E-state index contributed by atoms with van der Waals surface area (Å²) in [4.78, 5) is -2.40. The van der Waals surface area contributed by atoms with E-state index in [2.05, 4.69) is 17.0 Å². The fourth-order valence-corrected chi connectivity index (χ4v) is 2.38. The Bertz CT molecular complexity index is 652. The van der Waals surface area contributed by atoms with Gasteiger partial charge in [-0.15, -0.1) is 0 Å². The van der Waals surface area contributed by atoms with Crippen LogP contribution < -0.4 is 0 Å². The first-order valence-electron chi connectivity index (χ1n) is 7.22. The van der Waals surface area contributed by atoms with E-state index in [1.807, 2.05) is 0 Å². The maximum Gasteiger partial charge on any atom is 0.460 e. The van der Waals surface area contributed by atoms with Crippen molar-refractivity contribution in [2.24, 2.45) is 0 Å². The van der Waals surface area contributed by atoms with Crippen LogP contribution in [-0.4, -0.2) is 77.9 Å². The van der Waals surface area contributed by atoms with Crippen molar-refractivity contribution in [3.8, 4) is 0 Å². The highest BCUT2D eigenvalue weighted by atomic mass is 32.1. The van der Waals surface area contributed by atoms with Crippen LogP contribution in [0.2, 0.25) is 0 Å². The Labute approximate surface area is 161 Å². The van der Waals surface area contributed by atoms with Crippen molar-refractivity contribution in [2.45, 2.75) is 41.7 Å². The number of morpholine rings is 1. The van der Waals surface area contributed by atoms with Gasteiger partial charge in [0.05, 0.1) is 13.2 Å². The zero-order valence-electron chi connectivity index (χ0n) is 13.8. The Balaban J connectivity index is 3.49. The van der Waals surface area contributed by atoms with E-state index in [0.29, 0.717) is 0 Å². The number of ether oxygens (including phenoxy) is 1. The Morgan fingerprint density at radius 2 is 0.900 bits per heavy atom. The van der Waals surface area contributed by atoms with Crippen molar-refractivity contribution in [3.05, 3.63) is 0 Å². The van der Waals surface area contributed by atoms with Crippen LogP contribution in [0.4, 0.5) is 65.9 Å². The molecule has 18 heteroatoms. The van der Waals surface area contributed by atoms with E-state index >= 15 is 0 Å². The monoisotopic (exact) mass is 499 g/mol. The topological polar surface area (TPSA) is 12.5 Å². The molecule has 0 N–H and O–H groups in total. The summed E-state index contributed by atoms with van der Waals surface area (Å²) in [6.45, 7) is -2.47. The van der Waals surface area contributed by atoms with E-state index in [9.17, 15) is 65.9 Å².